The summed E-state index contributed by atoms with van der Waals surface area (Å²) in [5.74, 6) is 0.790. The maximum Gasteiger partial charge on any atom is 0.300 e. The van der Waals surface area contributed by atoms with E-state index in [1.807, 2.05) is 47.0 Å². The van der Waals surface area contributed by atoms with Crippen LogP contribution in [0, 0.1) is 6.92 Å². The summed E-state index contributed by atoms with van der Waals surface area (Å²) >= 11 is 0. The summed E-state index contributed by atoms with van der Waals surface area (Å²) in [6, 6.07) is 18.6. The minimum atomic E-state index is -0.246. The molecule has 0 amide bonds. The molecule has 0 N–H and O–H groups in total. The molecule has 4 rings (SSSR count). The molecule has 2 heterocycles. The molecule has 5 heteroatoms. The second-order valence-electron chi connectivity index (χ2n) is 6.11. The third-order valence-electron chi connectivity index (χ3n) is 4.20. The molecule has 1 unspecified atom stereocenters. The topological polar surface area (TPSA) is 53.4 Å². The molecule has 0 saturated carbocycles. The maximum absolute atomic E-state index is 11.6. The van der Waals surface area contributed by atoms with Crippen LogP contribution in [-0.2, 0) is 6.54 Å². The van der Waals surface area contributed by atoms with E-state index >= 15 is 0 Å². The van der Waals surface area contributed by atoms with E-state index in [4.69, 9.17) is 9.47 Å². The highest BCUT2D eigenvalue weighted by atomic mass is 16.6. The minimum absolute atomic E-state index is 0.150. The predicted molar refractivity (Wildman–Crippen MR) is 95.0 cm³/mol. The molecule has 1 atom stereocenters. The molecule has 1 aliphatic rings. The van der Waals surface area contributed by atoms with Gasteiger partial charge in [0.2, 0.25) is 0 Å². The van der Waals surface area contributed by atoms with Crippen LogP contribution in [0.1, 0.15) is 5.56 Å². The van der Waals surface area contributed by atoms with Gasteiger partial charge in [0.1, 0.15) is 12.4 Å². The fourth-order valence-corrected chi connectivity index (χ4v) is 2.86. The van der Waals surface area contributed by atoms with E-state index in [9.17, 15) is 4.79 Å². The Morgan fingerprint density at radius 1 is 1.12 bits per heavy atom. The maximum atomic E-state index is 11.6. The van der Waals surface area contributed by atoms with Crippen LogP contribution >= 0.6 is 0 Å². The van der Waals surface area contributed by atoms with Crippen molar-refractivity contribution in [1.29, 1.82) is 0 Å². The second-order valence-corrected chi connectivity index (χ2v) is 6.11. The van der Waals surface area contributed by atoms with Crippen molar-refractivity contribution in [2.24, 2.45) is 0 Å². The van der Waals surface area contributed by atoms with Crippen LogP contribution in [0.3, 0.4) is 0 Å². The Morgan fingerprint density at radius 3 is 2.60 bits per heavy atom. The highest BCUT2D eigenvalue weighted by molar-refractivity contribution is 5.63. The Labute approximate surface area is 145 Å². The fourth-order valence-electron chi connectivity index (χ4n) is 2.86. The van der Waals surface area contributed by atoms with Crippen molar-refractivity contribution in [2.75, 3.05) is 6.61 Å². The molecular weight excluding hydrogens is 316 g/mol. The average molecular weight is 334 g/mol. The fraction of sp³-hybridized carbons (Fsp3) is 0.200. The number of nitrogens with zero attached hydrogens (tertiary/aromatic N) is 2. The van der Waals surface area contributed by atoms with Gasteiger partial charge in [-0.25, -0.2) is 0 Å². The van der Waals surface area contributed by atoms with Crippen LogP contribution < -0.4 is 15.0 Å². The van der Waals surface area contributed by atoms with Crippen molar-refractivity contribution in [2.45, 2.75) is 19.6 Å². The van der Waals surface area contributed by atoms with E-state index < -0.39 is 0 Å². The van der Waals surface area contributed by atoms with Crippen LogP contribution in [0.2, 0.25) is 0 Å². The smallest absolute Gasteiger partial charge is 0.300 e. The number of aryl methyl sites for hydroxylation is 1. The highest BCUT2D eigenvalue weighted by Gasteiger charge is 2.24. The first-order chi connectivity index (χ1) is 12.2. The van der Waals surface area contributed by atoms with E-state index in [1.54, 1.807) is 13.1 Å². The summed E-state index contributed by atoms with van der Waals surface area (Å²) in [6.07, 6.45) is 1.63. The lowest BCUT2D eigenvalue weighted by Gasteiger charge is -2.11. The van der Waals surface area contributed by atoms with E-state index in [2.05, 4.69) is 17.1 Å². The SMILES string of the molecule is Cc1cn2c(nc1=O)OC(COc1ccc(-c3ccccc3)cc1)C2. The van der Waals surface area contributed by atoms with E-state index in [-0.39, 0.29) is 11.7 Å². The van der Waals surface area contributed by atoms with Crippen LogP contribution in [0.5, 0.6) is 11.8 Å². The molecule has 0 saturated heterocycles. The van der Waals surface area contributed by atoms with Crippen molar-refractivity contribution >= 4 is 0 Å². The first-order valence-corrected chi connectivity index (χ1v) is 8.22. The van der Waals surface area contributed by atoms with Crippen molar-refractivity contribution < 1.29 is 9.47 Å². The summed E-state index contributed by atoms with van der Waals surface area (Å²) in [5, 5.41) is 0. The Kier molecular flexibility index (Phi) is 3.98. The normalized spacial score (nSPS) is 15.5. The molecular formula is C20H18N2O3. The zero-order valence-corrected chi connectivity index (χ0v) is 13.9. The van der Waals surface area contributed by atoms with Crippen molar-refractivity contribution in [3.8, 4) is 22.9 Å². The standard InChI is InChI=1S/C20H18N2O3/c1-14-11-22-12-18(25-20(22)21-19(14)23)13-24-17-9-7-16(8-10-17)15-5-3-2-4-6-15/h2-11,18H,12-13H2,1H3. The molecule has 5 nitrogen and oxygen atoms in total. The van der Waals surface area contributed by atoms with Crippen LogP contribution in [0.25, 0.3) is 11.1 Å². The Morgan fingerprint density at radius 2 is 1.84 bits per heavy atom. The second kappa shape index (κ2) is 6.43. The Bertz CT molecular complexity index is 933. The summed E-state index contributed by atoms with van der Waals surface area (Å²) in [5.41, 5.74) is 2.69. The molecule has 1 aliphatic heterocycles. The summed E-state index contributed by atoms with van der Waals surface area (Å²) in [7, 11) is 0. The Balaban J connectivity index is 1.39. The van der Waals surface area contributed by atoms with Crippen LogP contribution in [0.4, 0.5) is 0 Å². The lowest BCUT2D eigenvalue weighted by molar-refractivity contribution is 0.143. The average Bonchev–Trinajstić information content (AvgIpc) is 3.03. The molecule has 0 fully saturated rings. The number of rotatable bonds is 4. The van der Waals surface area contributed by atoms with Gasteiger partial charge >= 0.3 is 0 Å². The molecule has 0 radical (unpaired) electrons. The zero-order chi connectivity index (χ0) is 17.2. The quantitative estimate of drug-likeness (QED) is 0.736. The predicted octanol–water partition coefficient (Wildman–Crippen LogP) is 3.06. The van der Waals surface area contributed by atoms with E-state index in [0.717, 1.165) is 11.3 Å². The van der Waals surface area contributed by atoms with Gasteiger partial charge in [-0.1, -0.05) is 42.5 Å². The lowest BCUT2D eigenvalue weighted by Crippen LogP contribution is -2.23. The number of hydrogen-bond donors (Lipinski definition) is 0. The van der Waals surface area contributed by atoms with Gasteiger partial charge in [0.25, 0.3) is 11.6 Å². The van der Waals surface area contributed by atoms with E-state index in [0.29, 0.717) is 24.7 Å². The number of benzene rings is 2. The first kappa shape index (κ1) is 15.4. The van der Waals surface area contributed by atoms with Gasteiger partial charge in [0, 0.05) is 11.8 Å². The lowest BCUT2D eigenvalue weighted by atomic mass is 10.1. The van der Waals surface area contributed by atoms with Gasteiger partial charge in [0.05, 0.1) is 6.54 Å². The molecule has 0 aliphatic carbocycles. The molecule has 25 heavy (non-hydrogen) atoms. The Hall–Kier alpha value is -3.08. The van der Waals surface area contributed by atoms with Gasteiger partial charge in [-0.2, -0.15) is 4.98 Å². The molecule has 0 spiro atoms. The number of hydrogen-bond acceptors (Lipinski definition) is 4. The summed E-state index contributed by atoms with van der Waals surface area (Å²) in [6.45, 7) is 2.79. The third kappa shape index (κ3) is 3.26. The van der Waals surface area contributed by atoms with Gasteiger partial charge < -0.3 is 9.47 Å². The molecule has 2 aromatic carbocycles. The van der Waals surface area contributed by atoms with Crippen molar-refractivity contribution in [3.05, 3.63) is 76.7 Å². The van der Waals surface area contributed by atoms with Gasteiger partial charge in [-0.05, 0) is 30.2 Å². The zero-order valence-electron chi connectivity index (χ0n) is 13.9. The number of fused-ring (bicyclic) bond motifs is 1. The molecule has 126 valence electrons. The summed E-state index contributed by atoms with van der Waals surface area (Å²) < 4.78 is 13.4. The monoisotopic (exact) mass is 334 g/mol. The van der Waals surface area contributed by atoms with Crippen LogP contribution in [-0.4, -0.2) is 22.3 Å². The third-order valence-corrected chi connectivity index (χ3v) is 4.20. The van der Waals surface area contributed by atoms with Crippen molar-refractivity contribution in [1.82, 2.24) is 9.55 Å². The highest BCUT2D eigenvalue weighted by Crippen LogP contribution is 2.23. The first-order valence-electron chi connectivity index (χ1n) is 8.22. The van der Waals surface area contributed by atoms with Gasteiger partial charge in [-0.3, -0.25) is 9.36 Å². The van der Waals surface area contributed by atoms with E-state index in [1.165, 1.54) is 5.56 Å². The number of aromatic nitrogens is 2. The largest absolute Gasteiger partial charge is 0.490 e. The van der Waals surface area contributed by atoms with Crippen LogP contribution in [0.15, 0.2) is 65.6 Å². The minimum Gasteiger partial charge on any atom is -0.490 e. The molecule has 0 bridgehead atoms. The number of ether oxygens (including phenoxy) is 2. The van der Waals surface area contributed by atoms with Crippen molar-refractivity contribution in [3.63, 3.8) is 0 Å². The van der Waals surface area contributed by atoms with Gasteiger partial charge in [-0.15, -0.1) is 0 Å². The molecule has 1 aromatic heterocycles. The summed E-state index contributed by atoms with van der Waals surface area (Å²) in [4.78, 5) is 15.5. The van der Waals surface area contributed by atoms with Gasteiger partial charge in [0.15, 0.2) is 6.10 Å². The molecule has 3 aromatic rings.